The van der Waals surface area contributed by atoms with Crippen LogP contribution in [-0.4, -0.2) is 23.4 Å². The van der Waals surface area contributed by atoms with E-state index < -0.39 is 0 Å². The molecule has 430 valence electrons. The summed E-state index contributed by atoms with van der Waals surface area (Å²) in [5.41, 5.74) is 18.3. The number of phenolic OH excluding ortho intramolecular Hbond substituents is 2. The molecule has 23 rings (SSSR count). The van der Waals surface area contributed by atoms with E-state index in [1.54, 1.807) is 0 Å². The monoisotopic (exact) mass is 1120 g/mol. The normalized spacial score (nSPS) is 14.2. The second-order valence-corrected chi connectivity index (χ2v) is 27.9. The third-order valence-corrected chi connectivity index (χ3v) is 17.2. The molecule has 17 heterocycles. The first-order valence-corrected chi connectivity index (χ1v) is 30.2. The maximum absolute atomic E-state index is 12.9. The molecule has 2 N–H and O–H groups in total. The van der Waals surface area contributed by atoms with E-state index in [0.29, 0.717) is 63.5 Å². The van der Waals surface area contributed by atoms with Gasteiger partial charge >= 0.3 is 0 Å². The van der Waals surface area contributed by atoms with Crippen molar-refractivity contribution in [1.82, 2.24) is 0 Å². The van der Waals surface area contributed by atoms with E-state index in [4.69, 9.17) is 9.47 Å². The van der Waals surface area contributed by atoms with E-state index in [2.05, 4.69) is 272 Å². The third-order valence-electron chi connectivity index (χ3n) is 17.2. The Kier molecular flexibility index (Phi) is 15.7. The van der Waals surface area contributed by atoms with Crippen molar-refractivity contribution in [3.63, 3.8) is 0 Å². The molecule has 0 atom stereocenters. The molecule has 20 bridgehead atoms. The Morgan fingerprint density at radius 3 is 0.774 bits per heavy atom. The second-order valence-electron chi connectivity index (χ2n) is 27.9. The lowest BCUT2D eigenvalue weighted by molar-refractivity contribution is -0.697. The van der Waals surface area contributed by atoms with Crippen LogP contribution >= 0.6 is 0 Å². The molecule has 0 unspecified atom stereocenters. The van der Waals surface area contributed by atoms with Gasteiger partial charge in [-0.05, 0) is 111 Å². The first-order valence-electron chi connectivity index (χ1n) is 30.2. The summed E-state index contributed by atoms with van der Waals surface area (Å²) in [7, 11) is 0. The third kappa shape index (κ3) is 13.0. The van der Waals surface area contributed by atoms with Crippen LogP contribution < -0.4 is 27.7 Å². The molecule has 9 aromatic rings. The number of phenols is 2. The Morgan fingerprint density at radius 2 is 0.536 bits per heavy atom. The number of benzene rings is 5. The molecule has 0 spiro atoms. The number of hydrogen-bond donors (Lipinski definition) is 2. The molecule has 1 aliphatic carbocycles. The van der Waals surface area contributed by atoms with Crippen LogP contribution in [0.3, 0.4) is 0 Å². The highest BCUT2D eigenvalue weighted by atomic mass is 16.5. The van der Waals surface area contributed by atoms with Crippen molar-refractivity contribution in [2.45, 2.75) is 157 Å². The minimum Gasteiger partial charge on any atom is -0.507 e. The second kappa shape index (κ2) is 22.8. The van der Waals surface area contributed by atoms with Crippen molar-refractivity contribution in [3.05, 3.63) is 249 Å². The van der Waals surface area contributed by atoms with E-state index in [1.807, 2.05) is 0 Å². The summed E-state index contributed by atoms with van der Waals surface area (Å²) in [6.07, 6.45) is 19.0. The van der Waals surface area contributed by atoms with Gasteiger partial charge in [-0.2, -0.15) is 0 Å². The van der Waals surface area contributed by atoms with Gasteiger partial charge in [0.25, 0.3) is 0 Å². The van der Waals surface area contributed by atoms with Gasteiger partial charge < -0.3 is 19.7 Å². The molecule has 14 aliphatic rings. The predicted molar refractivity (Wildman–Crippen MR) is 335 cm³/mol. The highest BCUT2D eigenvalue weighted by Gasteiger charge is 2.29. The maximum Gasteiger partial charge on any atom is 0.182 e. The zero-order chi connectivity index (χ0) is 59.3. The molecule has 0 amide bonds. The Balaban J connectivity index is 1.07. The first-order chi connectivity index (χ1) is 39.9. The van der Waals surface area contributed by atoms with Crippen molar-refractivity contribution < 1.29 is 38.0 Å². The molecular formula is C76H86N4O4+4. The minimum atomic E-state index is -0.219. The van der Waals surface area contributed by atoms with E-state index in [9.17, 15) is 10.2 Å². The lowest BCUT2D eigenvalue weighted by Crippen LogP contribution is -2.36. The summed E-state index contributed by atoms with van der Waals surface area (Å²) in [5.74, 6) is 2.18. The van der Waals surface area contributed by atoms with Gasteiger partial charge in [0, 0.05) is 85.3 Å². The van der Waals surface area contributed by atoms with Crippen molar-refractivity contribution in [2.75, 3.05) is 13.2 Å². The smallest absolute Gasteiger partial charge is 0.182 e. The van der Waals surface area contributed by atoms with Gasteiger partial charge in [0.05, 0.1) is 0 Å². The fourth-order valence-corrected chi connectivity index (χ4v) is 11.8. The van der Waals surface area contributed by atoms with Crippen LogP contribution in [0.1, 0.15) is 161 Å². The number of nitrogens with zero attached hydrogens (tertiary/aromatic N) is 4. The zero-order valence-electron chi connectivity index (χ0n) is 51.7. The number of fused-ring (bicyclic) bond motifs is 1. The summed E-state index contributed by atoms with van der Waals surface area (Å²) in [6, 6.07) is 44.5. The van der Waals surface area contributed by atoms with Gasteiger partial charge in [-0.15, -0.1) is 0 Å². The standard InChI is InChI=1S/C76H84N4O4/c1-73(2,3)65-41-57-37-61-45-67(75(7,8)9)47-63-39-59-43-66(74(4,5)6)44-60(70(59)82)40-64-48-68(76(10,11)12)46-62(38-58(42-65)69(57)81)72(64)84-36-34-78-27-19-54(20-28-78)56-23-31-80(32-24-56)50-52-15-13-51(14-16-52)49-79-29-21-55(22-30-79)53-17-25-77(26-18-53)33-35-83-71(61)63/h13-32,41-48H,33-40,49-50H2,1-12H3/q+2/p+2. The maximum atomic E-state index is 12.9. The minimum absolute atomic E-state index is 0.212. The molecule has 5 aromatic carbocycles. The molecule has 0 saturated heterocycles. The molecule has 0 radical (unpaired) electrons. The Labute approximate surface area is 499 Å². The van der Waals surface area contributed by atoms with Gasteiger partial charge in [0.1, 0.15) is 36.2 Å². The van der Waals surface area contributed by atoms with E-state index in [0.717, 1.165) is 102 Å². The molecule has 8 nitrogen and oxygen atoms in total. The highest BCUT2D eigenvalue weighted by molar-refractivity contribution is 5.63. The molecule has 4 aromatic heterocycles. The van der Waals surface area contributed by atoms with E-state index in [-0.39, 0.29) is 21.7 Å². The van der Waals surface area contributed by atoms with Crippen molar-refractivity contribution in [1.29, 1.82) is 0 Å². The first kappa shape index (κ1) is 57.7. The molecule has 84 heavy (non-hydrogen) atoms. The summed E-state index contributed by atoms with van der Waals surface area (Å²) >= 11 is 0. The lowest BCUT2D eigenvalue weighted by atomic mass is 9.79. The van der Waals surface area contributed by atoms with Crippen molar-refractivity contribution in [3.8, 4) is 45.3 Å². The van der Waals surface area contributed by atoms with Crippen LogP contribution in [0.15, 0.2) is 171 Å². The quantitative estimate of drug-likeness (QED) is 0.148. The zero-order valence-corrected chi connectivity index (χ0v) is 51.7. The number of ether oxygens (including phenoxy) is 2. The van der Waals surface area contributed by atoms with Gasteiger partial charge in [0.15, 0.2) is 75.8 Å². The number of hydrogen-bond acceptors (Lipinski definition) is 4. The van der Waals surface area contributed by atoms with Crippen LogP contribution in [0.2, 0.25) is 0 Å². The van der Waals surface area contributed by atoms with Gasteiger partial charge in [-0.25, -0.2) is 18.3 Å². The lowest BCUT2D eigenvalue weighted by Gasteiger charge is -2.28. The predicted octanol–water partition coefficient (Wildman–Crippen LogP) is 14.0. The number of rotatable bonds is 0. The van der Waals surface area contributed by atoms with Crippen LogP contribution in [0, 0.1) is 0 Å². The van der Waals surface area contributed by atoms with Crippen LogP contribution in [0.4, 0.5) is 0 Å². The molecule has 0 saturated carbocycles. The molecule has 8 heteroatoms. The van der Waals surface area contributed by atoms with Crippen LogP contribution in [0.5, 0.6) is 23.0 Å². The Bertz CT molecular complexity index is 3500. The number of aromatic nitrogens is 4. The SMILES string of the molecule is CC(C)(C)c1cc2c(O)c(c1)Cc1cc(C(C)(C)C)cc3c1OCC[n+]1ccc(cc1)-c1cc[n+](cc1)Cc1ccc(cc1)C[n+]1ccc(cc1)-c1cc[n+](cc1)CCOc1c(cc(C(C)(C)C)cc1Cc1cc(C(C)(C)C)cc(c1O)C3)C2. The molecular weight excluding hydrogens is 1030 g/mol. The average molecular weight is 1120 g/mol. The van der Waals surface area contributed by atoms with Gasteiger partial charge in [0.2, 0.25) is 0 Å². The number of aromatic hydroxyl groups is 2. The fraction of sp³-hybridized carbons (Fsp3) is 0.342. The van der Waals surface area contributed by atoms with Crippen molar-refractivity contribution in [2.24, 2.45) is 0 Å². The van der Waals surface area contributed by atoms with Crippen LogP contribution in [0.25, 0.3) is 22.3 Å². The highest BCUT2D eigenvalue weighted by Crippen LogP contribution is 2.44. The molecule has 0 fully saturated rings. The largest absolute Gasteiger partial charge is 0.507 e. The summed E-state index contributed by atoms with van der Waals surface area (Å²) in [4.78, 5) is 0. The topological polar surface area (TPSA) is 74.4 Å². The van der Waals surface area contributed by atoms with E-state index >= 15 is 0 Å². The van der Waals surface area contributed by atoms with Crippen LogP contribution in [-0.2, 0) is 73.5 Å². The molecule has 13 aliphatic heterocycles. The van der Waals surface area contributed by atoms with Crippen molar-refractivity contribution >= 4 is 0 Å². The van der Waals surface area contributed by atoms with Gasteiger partial charge in [-0.3, -0.25) is 0 Å². The van der Waals surface area contributed by atoms with Gasteiger partial charge in [-0.1, -0.05) is 156 Å². The Morgan fingerprint density at radius 1 is 0.310 bits per heavy atom. The summed E-state index contributed by atoms with van der Waals surface area (Å²) in [5, 5.41) is 25.9. The summed E-state index contributed by atoms with van der Waals surface area (Å²) in [6.45, 7) is 30.7. The average Bonchev–Trinajstić information content (AvgIpc) is 2.35. The fourth-order valence-electron chi connectivity index (χ4n) is 11.8. The Hall–Kier alpha value is -8.10. The number of pyridine rings is 4. The summed E-state index contributed by atoms with van der Waals surface area (Å²) < 4.78 is 23.2. The van der Waals surface area contributed by atoms with E-state index in [1.165, 1.54) is 22.3 Å².